The van der Waals surface area contributed by atoms with Gasteiger partial charge in [-0.15, -0.1) is 11.3 Å². The number of nitrogens with one attached hydrogen (secondary N) is 1. The monoisotopic (exact) mass is 201 g/mol. The summed E-state index contributed by atoms with van der Waals surface area (Å²) in [6.45, 7) is 2.59. The van der Waals surface area contributed by atoms with Gasteiger partial charge in [0.15, 0.2) is 0 Å². The Hall–Kier alpha value is -0.490. The lowest BCUT2D eigenvalue weighted by atomic mass is 10.2. The van der Waals surface area contributed by atoms with Crippen molar-refractivity contribution in [3.63, 3.8) is 0 Å². The molecule has 74 valence electrons. The highest BCUT2D eigenvalue weighted by molar-refractivity contribution is 7.09. The zero-order valence-corrected chi connectivity index (χ0v) is 8.73. The Morgan fingerprint density at radius 1 is 1.77 bits per heavy atom. The molecule has 1 aromatic rings. The maximum atomic E-state index is 5.36. The van der Waals surface area contributed by atoms with Gasteiger partial charge in [-0.2, -0.15) is 0 Å². The molecule has 4 nitrogen and oxygen atoms in total. The molecule has 0 radical (unpaired) electrons. The fourth-order valence-electron chi connectivity index (χ4n) is 1.07. The number of aryl methyl sites for hydroxylation is 1. The van der Waals surface area contributed by atoms with Crippen molar-refractivity contribution in [2.75, 3.05) is 13.7 Å². The standard InChI is InChI=1S/C8H15N3OS/c1-6-5-13-8(10-6)3-7(11-9)4-12-2/h5,7,11H,3-4,9H2,1-2H3. The number of aromatic nitrogens is 1. The van der Waals surface area contributed by atoms with Gasteiger partial charge in [0.05, 0.1) is 17.7 Å². The molecule has 3 N–H and O–H groups in total. The summed E-state index contributed by atoms with van der Waals surface area (Å²) >= 11 is 1.66. The predicted molar refractivity (Wildman–Crippen MR) is 53.5 cm³/mol. The van der Waals surface area contributed by atoms with E-state index in [0.29, 0.717) is 6.61 Å². The molecule has 0 aliphatic heterocycles. The summed E-state index contributed by atoms with van der Waals surface area (Å²) in [4.78, 5) is 4.35. The molecule has 0 bridgehead atoms. The Kier molecular flexibility index (Phi) is 4.31. The normalized spacial score (nSPS) is 13.2. The van der Waals surface area contributed by atoms with E-state index in [2.05, 4.69) is 10.4 Å². The number of nitrogens with zero attached hydrogens (tertiary/aromatic N) is 1. The second kappa shape index (κ2) is 5.29. The lowest BCUT2D eigenvalue weighted by molar-refractivity contribution is 0.166. The van der Waals surface area contributed by atoms with Gasteiger partial charge < -0.3 is 4.74 Å². The number of hydrogen-bond donors (Lipinski definition) is 2. The zero-order chi connectivity index (χ0) is 9.68. The van der Waals surface area contributed by atoms with Crippen LogP contribution in [-0.2, 0) is 11.2 Å². The first-order valence-corrected chi connectivity index (χ1v) is 5.00. The molecule has 0 aromatic carbocycles. The molecule has 0 saturated carbocycles. The second-order valence-corrected chi connectivity index (χ2v) is 3.85. The van der Waals surface area contributed by atoms with Crippen molar-refractivity contribution < 1.29 is 4.74 Å². The highest BCUT2D eigenvalue weighted by atomic mass is 32.1. The van der Waals surface area contributed by atoms with Crippen LogP contribution in [0.25, 0.3) is 0 Å². The lowest BCUT2D eigenvalue weighted by Gasteiger charge is -2.12. The summed E-state index contributed by atoms with van der Waals surface area (Å²) in [5.41, 5.74) is 3.77. The van der Waals surface area contributed by atoms with Crippen LogP contribution in [-0.4, -0.2) is 24.7 Å². The Balaban J connectivity index is 2.46. The fraction of sp³-hybridized carbons (Fsp3) is 0.625. The van der Waals surface area contributed by atoms with Gasteiger partial charge in [-0.05, 0) is 6.92 Å². The quantitative estimate of drug-likeness (QED) is 0.537. The van der Waals surface area contributed by atoms with E-state index >= 15 is 0 Å². The molecule has 5 heteroatoms. The summed E-state index contributed by atoms with van der Waals surface area (Å²) in [7, 11) is 1.66. The van der Waals surface area contributed by atoms with E-state index in [-0.39, 0.29) is 6.04 Å². The van der Waals surface area contributed by atoms with Gasteiger partial charge >= 0.3 is 0 Å². The van der Waals surface area contributed by atoms with Crippen LogP contribution in [0.3, 0.4) is 0 Å². The molecule has 1 heterocycles. The molecular weight excluding hydrogens is 186 g/mol. The van der Waals surface area contributed by atoms with Crippen LogP contribution in [0.2, 0.25) is 0 Å². The SMILES string of the molecule is COCC(Cc1nc(C)cs1)NN. The van der Waals surface area contributed by atoms with E-state index < -0.39 is 0 Å². The van der Waals surface area contributed by atoms with Crippen LogP contribution >= 0.6 is 11.3 Å². The molecule has 1 unspecified atom stereocenters. The van der Waals surface area contributed by atoms with E-state index in [9.17, 15) is 0 Å². The van der Waals surface area contributed by atoms with Crippen LogP contribution < -0.4 is 11.3 Å². The van der Waals surface area contributed by atoms with Crippen molar-refractivity contribution in [3.8, 4) is 0 Å². The first kappa shape index (κ1) is 10.6. The fourth-order valence-corrected chi connectivity index (χ4v) is 1.93. The molecule has 0 amide bonds. The van der Waals surface area contributed by atoms with Gasteiger partial charge in [-0.25, -0.2) is 4.98 Å². The molecular formula is C8H15N3OS. The van der Waals surface area contributed by atoms with Crippen LogP contribution in [0.1, 0.15) is 10.7 Å². The van der Waals surface area contributed by atoms with Crippen LogP contribution in [0.4, 0.5) is 0 Å². The highest BCUT2D eigenvalue weighted by Gasteiger charge is 2.09. The largest absolute Gasteiger partial charge is 0.383 e. The second-order valence-electron chi connectivity index (χ2n) is 2.91. The Morgan fingerprint density at radius 2 is 2.54 bits per heavy atom. The minimum atomic E-state index is 0.149. The number of thiazole rings is 1. The average Bonchev–Trinajstić information content (AvgIpc) is 2.50. The van der Waals surface area contributed by atoms with Crippen molar-refractivity contribution in [2.24, 2.45) is 5.84 Å². The molecule has 1 aromatic heterocycles. The van der Waals surface area contributed by atoms with Gasteiger partial charge in [0.1, 0.15) is 0 Å². The molecule has 0 fully saturated rings. The molecule has 1 rings (SSSR count). The summed E-state index contributed by atoms with van der Waals surface area (Å²) in [5, 5.41) is 3.13. The van der Waals surface area contributed by atoms with E-state index in [1.54, 1.807) is 18.4 Å². The molecule has 0 aliphatic rings. The van der Waals surface area contributed by atoms with E-state index in [0.717, 1.165) is 17.1 Å². The molecule has 0 aliphatic carbocycles. The summed E-state index contributed by atoms with van der Waals surface area (Å²) in [6.07, 6.45) is 0.822. The molecule has 1 atom stereocenters. The Morgan fingerprint density at radius 3 is 3.00 bits per heavy atom. The number of ether oxygens (including phenoxy) is 1. The summed E-state index contributed by atoms with van der Waals surface area (Å²) < 4.78 is 5.01. The third kappa shape index (κ3) is 3.40. The Labute approximate surface area is 82.1 Å². The lowest BCUT2D eigenvalue weighted by Crippen LogP contribution is -2.40. The van der Waals surface area contributed by atoms with Gasteiger partial charge in [0.2, 0.25) is 0 Å². The topological polar surface area (TPSA) is 60.2 Å². The summed E-state index contributed by atoms with van der Waals surface area (Å²) in [6, 6.07) is 0.149. The molecule has 0 spiro atoms. The third-order valence-electron chi connectivity index (χ3n) is 1.69. The summed E-state index contributed by atoms with van der Waals surface area (Å²) in [5.74, 6) is 5.36. The minimum absolute atomic E-state index is 0.149. The van der Waals surface area contributed by atoms with Crippen molar-refractivity contribution >= 4 is 11.3 Å². The number of nitrogens with two attached hydrogens (primary N) is 1. The maximum Gasteiger partial charge on any atom is 0.0945 e. The average molecular weight is 201 g/mol. The van der Waals surface area contributed by atoms with E-state index in [4.69, 9.17) is 10.6 Å². The zero-order valence-electron chi connectivity index (χ0n) is 7.91. The van der Waals surface area contributed by atoms with Gasteiger partial charge in [-0.3, -0.25) is 11.3 Å². The first-order valence-electron chi connectivity index (χ1n) is 4.12. The highest BCUT2D eigenvalue weighted by Crippen LogP contribution is 2.10. The van der Waals surface area contributed by atoms with Crippen LogP contribution in [0.15, 0.2) is 5.38 Å². The van der Waals surface area contributed by atoms with Gasteiger partial charge in [0.25, 0.3) is 0 Å². The van der Waals surface area contributed by atoms with Crippen LogP contribution in [0.5, 0.6) is 0 Å². The van der Waals surface area contributed by atoms with E-state index in [1.165, 1.54) is 0 Å². The number of hydrogen-bond acceptors (Lipinski definition) is 5. The van der Waals surface area contributed by atoms with Crippen molar-refractivity contribution in [1.29, 1.82) is 0 Å². The van der Waals surface area contributed by atoms with E-state index in [1.807, 2.05) is 12.3 Å². The minimum Gasteiger partial charge on any atom is -0.383 e. The number of rotatable bonds is 5. The van der Waals surface area contributed by atoms with Gasteiger partial charge in [-0.1, -0.05) is 0 Å². The number of hydrazine groups is 1. The van der Waals surface area contributed by atoms with Crippen molar-refractivity contribution in [3.05, 3.63) is 16.1 Å². The predicted octanol–water partition coefficient (Wildman–Crippen LogP) is 0.472. The van der Waals surface area contributed by atoms with Gasteiger partial charge in [0, 0.05) is 24.6 Å². The molecule has 0 saturated heterocycles. The van der Waals surface area contributed by atoms with Crippen molar-refractivity contribution in [2.45, 2.75) is 19.4 Å². The number of methoxy groups -OCH3 is 1. The van der Waals surface area contributed by atoms with Crippen molar-refractivity contribution in [1.82, 2.24) is 10.4 Å². The Bertz CT molecular complexity index is 251. The smallest absolute Gasteiger partial charge is 0.0945 e. The molecule has 13 heavy (non-hydrogen) atoms. The van der Waals surface area contributed by atoms with Crippen LogP contribution in [0, 0.1) is 6.92 Å². The first-order chi connectivity index (χ1) is 6.26. The third-order valence-corrected chi connectivity index (χ3v) is 2.68. The maximum absolute atomic E-state index is 5.36.